The molecule has 0 bridgehead atoms. The van der Waals surface area contributed by atoms with Gasteiger partial charge in [0.2, 0.25) is 0 Å². The average Bonchev–Trinajstić information content (AvgIpc) is 3.26. The third-order valence-corrected chi connectivity index (χ3v) is 5.38. The number of nitro groups is 1. The number of amides is 1. The van der Waals surface area contributed by atoms with Crippen LogP contribution in [0.4, 0.5) is 11.4 Å². The molecule has 1 aromatic heterocycles. The number of nitro benzene ring substituents is 1. The number of carbonyl (C=O) groups excluding carboxylic acids is 1. The Balaban J connectivity index is 1.40. The van der Waals surface area contributed by atoms with Crippen LogP contribution in [0.2, 0.25) is 0 Å². The minimum absolute atomic E-state index is 0.0865. The van der Waals surface area contributed by atoms with E-state index in [1.165, 1.54) is 11.6 Å². The van der Waals surface area contributed by atoms with Gasteiger partial charge in [-0.05, 0) is 54.3 Å². The van der Waals surface area contributed by atoms with Gasteiger partial charge in [0.15, 0.2) is 5.75 Å². The molecule has 0 aliphatic rings. The maximum atomic E-state index is 12.8. The lowest BCUT2D eigenvalue weighted by Crippen LogP contribution is -2.12. The predicted molar refractivity (Wildman–Crippen MR) is 129 cm³/mol. The maximum Gasteiger partial charge on any atom is 0.311 e. The quantitative estimate of drug-likeness (QED) is 0.287. The molecule has 34 heavy (non-hydrogen) atoms. The van der Waals surface area contributed by atoms with Crippen LogP contribution in [0.3, 0.4) is 0 Å². The first kappa shape index (κ1) is 22.7. The van der Waals surface area contributed by atoms with Crippen LogP contribution in [0, 0.1) is 24.0 Å². The highest BCUT2D eigenvalue weighted by atomic mass is 16.6. The number of carbonyl (C=O) groups is 1. The number of nitrogens with zero attached hydrogens (tertiary/aromatic N) is 3. The summed E-state index contributed by atoms with van der Waals surface area (Å²) in [6.45, 7) is 4.54. The summed E-state index contributed by atoms with van der Waals surface area (Å²) in [5, 5.41) is 18.5. The van der Waals surface area contributed by atoms with Crippen LogP contribution in [0.5, 0.6) is 5.75 Å². The van der Waals surface area contributed by atoms with Crippen LogP contribution >= 0.6 is 0 Å². The van der Waals surface area contributed by atoms with E-state index in [9.17, 15) is 14.9 Å². The van der Waals surface area contributed by atoms with E-state index in [1.54, 1.807) is 60.4 Å². The van der Waals surface area contributed by atoms with E-state index in [4.69, 9.17) is 4.74 Å². The van der Waals surface area contributed by atoms with Gasteiger partial charge in [0.1, 0.15) is 6.61 Å². The highest BCUT2D eigenvalue weighted by molar-refractivity contribution is 6.04. The second kappa shape index (κ2) is 9.99. The van der Waals surface area contributed by atoms with Gasteiger partial charge in [0.25, 0.3) is 5.91 Å². The topological polar surface area (TPSA) is 99.3 Å². The van der Waals surface area contributed by atoms with Crippen molar-refractivity contribution < 1.29 is 14.5 Å². The Morgan fingerprint density at radius 3 is 2.71 bits per heavy atom. The third-order valence-electron chi connectivity index (χ3n) is 5.38. The number of ether oxygens (including phenoxy) is 1. The molecule has 1 N–H and O–H groups in total. The van der Waals surface area contributed by atoms with Crippen LogP contribution < -0.4 is 10.1 Å². The standard InChI is InChI=1S/C26H24N4O4/c1-18-10-11-25(24(12-18)30(32)33)34-17-20-7-5-9-21(13-20)26(31)28-23-14-27-29(16-23)15-22-8-4-3-6-19(22)2/h3-14,16H,15,17H2,1-2H3,(H,28,31). The summed E-state index contributed by atoms with van der Waals surface area (Å²) in [5.41, 5.74) is 4.79. The van der Waals surface area contributed by atoms with Gasteiger partial charge in [-0.2, -0.15) is 5.10 Å². The molecule has 0 aliphatic heterocycles. The molecule has 0 aliphatic carbocycles. The monoisotopic (exact) mass is 456 g/mol. The number of rotatable bonds is 8. The Bertz CT molecular complexity index is 1350. The fraction of sp³-hybridized carbons (Fsp3) is 0.154. The Hall–Kier alpha value is -4.46. The number of aromatic nitrogens is 2. The van der Waals surface area contributed by atoms with Gasteiger partial charge in [-0.15, -0.1) is 0 Å². The van der Waals surface area contributed by atoms with Crippen molar-refractivity contribution in [2.24, 2.45) is 0 Å². The first-order valence-corrected chi connectivity index (χ1v) is 10.7. The van der Waals surface area contributed by atoms with Gasteiger partial charge in [0, 0.05) is 17.8 Å². The Labute approximate surface area is 197 Å². The van der Waals surface area contributed by atoms with Crippen LogP contribution in [0.1, 0.15) is 32.6 Å². The molecule has 3 aromatic carbocycles. The molecule has 0 atom stereocenters. The summed E-state index contributed by atoms with van der Waals surface area (Å²) in [7, 11) is 0. The molecule has 0 radical (unpaired) electrons. The minimum atomic E-state index is -0.467. The maximum absolute atomic E-state index is 12.8. The lowest BCUT2D eigenvalue weighted by atomic mass is 10.1. The summed E-state index contributed by atoms with van der Waals surface area (Å²) in [5.74, 6) is -0.0925. The lowest BCUT2D eigenvalue weighted by Gasteiger charge is -2.09. The molecule has 1 amide bonds. The van der Waals surface area contributed by atoms with E-state index >= 15 is 0 Å². The second-order valence-electron chi connectivity index (χ2n) is 8.02. The molecule has 0 saturated carbocycles. The molecule has 0 unspecified atom stereocenters. The van der Waals surface area contributed by atoms with Crippen molar-refractivity contribution in [3.8, 4) is 5.75 Å². The van der Waals surface area contributed by atoms with Crippen LogP contribution in [-0.2, 0) is 13.2 Å². The molecule has 0 spiro atoms. The number of anilines is 1. The van der Waals surface area contributed by atoms with E-state index in [-0.39, 0.29) is 24.0 Å². The van der Waals surface area contributed by atoms with Crippen LogP contribution in [0.25, 0.3) is 0 Å². The first-order valence-electron chi connectivity index (χ1n) is 10.7. The summed E-state index contributed by atoms with van der Waals surface area (Å²) >= 11 is 0. The highest BCUT2D eigenvalue weighted by Gasteiger charge is 2.16. The van der Waals surface area contributed by atoms with Gasteiger partial charge >= 0.3 is 5.69 Å². The van der Waals surface area contributed by atoms with Crippen molar-refractivity contribution >= 4 is 17.3 Å². The van der Waals surface area contributed by atoms with E-state index in [1.807, 2.05) is 18.2 Å². The third kappa shape index (κ3) is 5.47. The van der Waals surface area contributed by atoms with Crippen LogP contribution in [0.15, 0.2) is 79.1 Å². The predicted octanol–water partition coefficient (Wildman–Crippen LogP) is 5.29. The second-order valence-corrected chi connectivity index (χ2v) is 8.02. The zero-order valence-corrected chi connectivity index (χ0v) is 18.9. The summed E-state index contributed by atoms with van der Waals surface area (Å²) in [6, 6.07) is 19.8. The summed E-state index contributed by atoms with van der Waals surface area (Å²) in [6.07, 6.45) is 3.40. The lowest BCUT2D eigenvalue weighted by molar-refractivity contribution is -0.386. The minimum Gasteiger partial charge on any atom is -0.482 e. The molecule has 0 fully saturated rings. The fourth-order valence-electron chi connectivity index (χ4n) is 3.54. The zero-order chi connectivity index (χ0) is 24.1. The van der Waals surface area contributed by atoms with E-state index in [2.05, 4.69) is 23.4 Å². The number of hydrogen-bond acceptors (Lipinski definition) is 5. The van der Waals surface area contributed by atoms with Crippen molar-refractivity contribution in [2.75, 3.05) is 5.32 Å². The molecular weight excluding hydrogens is 432 g/mol. The number of benzene rings is 3. The van der Waals surface area contributed by atoms with E-state index in [0.717, 1.165) is 16.7 Å². The molecule has 1 heterocycles. The van der Waals surface area contributed by atoms with Crippen molar-refractivity contribution in [3.05, 3.63) is 117 Å². The van der Waals surface area contributed by atoms with Crippen LogP contribution in [-0.4, -0.2) is 20.6 Å². The number of aryl methyl sites for hydroxylation is 2. The Kier molecular flexibility index (Phi) is 6.68. The van der Waals surface area contributed by atoms with Crippen molar-refractivity contribution in [3.63, 3.8) is 0 Å². The molecule has 4 aromatic rings. The number of hydrogen-bond donors (Lipinski definition) is 1. The van der Waals surface area contributed by atoms with Gasteiger partial charge in [-0.1, -0.05) is 42.5 Å². The summed E-state index contributed by atoms with van der Waals surface area (Å²) < 4.78 is 7.45. The highest BCUT2D eigenvalue weighted by Crippen LogP contribution is 2.28. The van der Waals surface area contributed by atoms with Gasteiger partial charge < -0.3 is 10.1 Å². The van der Waals surface area contributed by atoms with E-state index in [0.29, 0.717) is 17.8 Å². The van der Waals surface area contributed by atoms with Gasteiger partial charge in [-0.25, -0.2) is 0 Å². The SMILES string of the molecule is Cc1ccc(OCc2cccc(C(=O)Nc3cnn(Cc4ccccc4C)c3)c2)c([N+](=O)[O-])c1. The Morgan fingerprint density at radius 1 is 1.09 bits per heavy atom. The number of nitrogens with one attached hydrogen (secondary N) is 1. The normalized spacial score (nSPS) is 10.6. The van der Waals surface area contributed by atoms with Gasteiger partial charge in [-0.3, -0.25) is 19.6 Å². The molecule has 0 saturated heterocycles. The van der Waals surface area contributed by atoms with Crippen molar-refractivity contribution in [1.82, 2.24) is 9.78 Å². The average molecular weight is 457 g/mol. The zero-order valence-electron chi connectivity index (χ0n) is 18.9. The van der Waals surface area contributed by atoms with Crippen molar-refractivity contribution in [1.29, 1.82) is 0 Å². The molecule has 172 valence electrons. The molecule has 4 rings (SSSR count). The van der Waals surface area contributed by atoms with Crippen molar-refractivity contribution in [2.45, 2.75) is 27.0 Å². The molecule has 8 nitrogen and oxygen atoms in total. The summed E-state index contributed by atoms with van der Waals surface area (Å²) in [4.78, 5) is 23.6. The molecule has 8 heteroatoms. The van der Waals surface area contributed by atoms with E-state index < -0.39 is 4.92 Å². The molecular formula is C26H24N4O4. The largest absolute Gasteiger partial charge is 0.482 e. The first-order chi connectivity index (χ1) is 16.4. The Morgan fingerprint density at radius 2 is 1.91 bits per heavy atom. The smallest absolute Gasteiger partial charge is 0.311 e. The van der Waals surface area contributed by atoms with Gasteiger partial charge in [0.05, 0.1) is 23.4 Å². The fourth-order valence-corrected chi connectivity index (χ4v) is 3.54.